The molecule has 0 spiro atoms. The highest BCUT2D eigenvalue weighted by atomic mass is 16.2. The van der Waals surface area contributed by atoms with Gasteiger partial charge in [0.2, 0.25) is 12.3 Å². The topological polar surface area (TPSA) is 107 Å². The van der Waals surface area contributed by atoms with Gasteiger partial charge in [-0.15, -0.1) is 0 Å². The van der Waals surface area contributed by atoms with Crippen molar-refractivity contribution in [3.8, 4) is 0 Å². The maximum Gasteiger partial charge on any atom is 0.263 e. The molecule has 0 aliphatic heterocycles. The number of carbonyl (C=O) groups is 3. The lowest BCUT2D eigenvalue weighted by Crippen LogP contribution is -2.22. The summed E-state index contributed by atoms with van der Waals surface area (Å²) in [4.78, 5) is 32.5. The first kappa shape index (κ1) is 10.9. The van der Waals surface area contributed by atoms with Crippen LogP contribution in [0.15, 0.2) is 6.20 Å². The largest absolute Gasteiger partial charge is 0.383 e. The van der Waals surface area contributed by atoms with Crippen LogP contribution in [0.25, 0.3) is 0 Å². The van der Waals surface area contributed by atoms with Gasteiger partial charge in [0.15, 0.2) is 0 Å². The Balaban J connectivity index is 3.03. The predicted octanol–water partition coefficient (Wildman–Crippen LogP) is -0.598. The van der Waals surface area contributed by atoms with E-state index in [-0.39, 0.29) is 30.1 Å². The molecule has 0 saturated heterocycles. The van der Waals surface area contributed by atoms with Crippen LogP contribution in [-0.2, 0) is 4.79 Å². The van der Waals surface area contributed by atoms with Gasteiger partial charge >= 0.3 is 0 Å². The summed E-state index contributed by atoms with van der Waals surface area (Å²) < 4.78 is 0.930. The van der Waals surface area contributed by atoms with Crippen molar-refractivity contribution in [3.63, 3.8) is 0 Å². The lowest BCUT2D eigenvalue weighted by Gasteiger charge is -2.00. The van der Waals surface area contributed by atoms with Gasteiger partial charge in [0, 0.05) is 6.42 Å². The van der Waals surface area contributed by atoms with E-state index in [2.05, 4.69) is 5.10 Å². The number of nitrogens with one attached hydrogen (secondary N) is 1. The summed E-state index contributed by atoms with van der Waals surface area (Å²) in [5, 5.41) is 5.56. The molecular formula is C8H10N4O3. The molecule has 7 nitrogen and oxygen atoms in total. The van der Waals surface area contributed by atoms with Gasteiger partial charge in [0.25, 0.3) is 5.91 Å². The Labute approximate surface area is 85.2 Å². The van der Waals surface area contributed by atoms with Gasteiger partial charge in [0.05, 0.1) is 6.20 Å². The fourth-order valence-electron chi connectivity index (χ4n) is 1.01. The number of nitrogen functional groups attached to an aromatic ring is 1. The minimum atomic E-state index is -0.683. The van der Waals surface area contributed by atoms with Gasteiger partial charge in [-0.3, -0.25) is 19.7 Å². The maximum atomic E-state index is 11.2. The summed E-state index contributed by atoms with van der Waals surface area (Å²) in [6, 6.07) is 0. The first-order chi connectivity index (χ1) is 7.11. The number of imide groups is 1. The average Bonchev–Trinajstić information content (AvgIpc) is 2.59. The minimum Gasteiger partial charge on any atom is -0.383 e. The second-order valence-corrected chi connectivity index (χ2v) is 2.69. The van der Waals surface area contributed by atoms with Gasteiger partial charge in [-0.2, -0.15) is 9.78 Å². The first-order valence-corrected chi connectivity index (χ1v) is 4.23. The third kappa shape index (κ3) is 2.01. The monoisotopic (exact) mass is 210 g/mol. The highest BCUT2D eigenvalue weighted by molar-refractivity contribution is 6.04. The minimum absolute atomic E-state index is 0.00361. The first-order valence-electron chi connectivity index (χ1n) is 4.23. The molecule has 2 amide bonds. The van der Waals surface area contributed by atoms with Gasteiger partial charge in [-0.25, -0.2) is 0 Å². The molecule has 80 valence electrons. The smallest absolute Gasteiger partial charge is 0.263 e. The number of aromatic nitrogens is 2. The standard InChI is InChI=1S/C8H10N4O3/c1-2-6(14)12-7(9)5(3-11-12)8(15)10-4-13/h3-4H,2,9H2,1H3,(H,10,13,15). The van der Waals surface area contributed by atoms with E-state index in [9.17, 15) is 14.4 Å². The van der Waals surface area contributed by atoms with Crippen molar-refractivity contribution >= 4 is 24.0 Å². The number of hydrogen-bond donors (Lipinski definition) is 2. The Kier molecular flexibility index (Phi) is 3.17. The van der Waals surface area contributed by atoms with Gasteiger partial charge < -0.3 is 5.73 Å². The van der Waals surface area contributed by atoms with Gasteiger partial charge in [0.1, 0.15) is 11.4 Å². The van der Waals surface area contributed by atoms with Crippen LogP contribution in [0.3, 0.4) is 0 Å². The fourth-order valence-corrected chi connectivity index (χ4v) is 1.01. The fraction of sp³-hybridized carbons (Fsp3) is 0.250. The third-order valence-electron chi connectivity index (χ3n) is 1.78. The molecule has 0 radical (unpaired) electrons. The maximum absolute atomic E-state index is 11.2. The van der Waals surface area contributed by atoms with E-state index in [1.165, 1.54) is 0 Å². The Morgan fingerprint density at radius 2 is 2.33 bits per heavy atom. The van der Waals surface area contributed by atoms with E-state index in [0.29, 0.717) is 0 Å². The molecule has 3 N–H and O–H groups in total. The Hall–Kier alpha value is -2.18. The molecule has 1 heterocycles. The van der Waals surface area contributed by atoms with Crippen LogP contribution in [0.2, 0.25) is 0 Å². The quantitative estimate of drug-likeness (QED) is 0.648. The number of rotatable bonds is 3. The van der Waals surface area contributed by atoms with E-state index in [1.807, 2.05) is 5.32 Å². The zero-order valence-electron chi connectivity index (χ0n) is 8.06. The van der Waals surface area contributed by atoms with Crippen molar-refractivity contribution in [1.82, 2.24) is 15.1 Å². The molecule has 1 aromatic rings. The van der Waals surface area contributed by atoms with Crippen LogP contribution in [0.5, 0.6) is 0 Å². The van der Waals surface area contributed by atoms with Crippen LogP contribution in [-0.4, -0.2) is 28.0 Å². The predicted molar refractivity (Wildman–Crippen MR) is 51.1 cm³/mol. The van der Waals surface area contributed by atoms with Crippen LogP contribution in [0.4, 0.5) is 5.82 Å². The number of carbonyl (C=O) groups excluding carboxylic acids is 3. The normalized spacial score (nSPS) is 9.67. The molecule has 0 aliphatic carbocycles. The van der Waals surface area contributed by atoms with Crippen LogP contribution in [0.1, 0.15) is 28.5 Å². The van der Waals surface area contributed by atoms with E-state index in [0.717, 1.165) is 10.9 Å². The summed E-state index contributed by atoms with van der Waals surface area (Å²) >= 11 is 0. The SMILES string of the molecule is CCC(=O)n1ncc(C(=O)NC=O)c1N. The zero-order chi connectivity index (χ0) is 11.4. The summed E-state index contributed by atoms with van der Waals surface area (Å²) in [6.07, 6.45) is 1.60. The average molecular weight is 210 g/mol. The number of hydrogen-bond acceptors (Lipinski definition) is 5. The highest BCUT2D eigenvalue weighted by Crippen LogP contribution is 2.10. The molecule has 0 aromatic carbocycles. The van der Waals surface area contributed by atoms with Crippen molar-refractivity contribution in [2.24, 2.45) is 0 Å². The molecule has 0 fully saturated rings. The van der Waals surface area contributed by atoms with E-state index in [1.54, 1.807) is 6.92 Å². The lowest BCUT2D eigenvalue weighted by molar-refractivity contribution is -0.108. The second-order valence-electron chi connectivity index (χ2n) is 2.69. The molecule has 0 aliphatic rings. The third-order valence-corrected chi connectivity index (χ3v) is 1.78. The van der Waals surface area contributed by atoms with Crippen molar-refractivity contribution in [1.29, 1.82) is 0 Å². The molecule has 0 saturated carbocycles. The zero-order valence-corrected chi connectivity index (χ0v) is 8.06. The Morgan fingerprint density at radius 3 is 2.87 bits per heavy atom. The highest BCUT2D eigenvalue weighted by Gasteiger charge is 2.17. The van der Waals surface area contributed by atoms with E-state index in [4.69, 9.17) is 5.73 Å². The van der Waals surface area contributed by atoms with Crippen molar-refractivity contribution < 1.29 is 14.4 Å². The van der Waals surface area contributed by atoms with Gasteiger partial charge in [-0.05, 0) is 0 Å². The summed E-state index contributed by atoms with van der Waals surface area (Å²) in [5.74, 6) is -1.07. The molecular weight excluding hydrogens is 200 g/mol. The number of nitrogens with zero attached hydrogens (tertiary/aromatic N) is 2. The number of amides is 2. The van der Waals surface area contributed by atoms with Crippen LogP contribution < -0.4 is 11.1 Å². The molecule has 1 rings (SSSR count). The van der Waals surface area contributed by atoms with Crippen LogP contribution in [0, 0.1) is 0 Å². The second kappa shape index (κ2) is 4.36. The molecule has 0 unspecified atom stereocenters. The van der Waals surface area contributed by atoms with E-state index >= 15 is 0 Å². The van der Waals surface area contributed by atoms with Crippen molar-refractivity contribution in [2.45, 2.75) is 13.3 Å². The van der Waals surface area contributed by atoms with E-state index < -0.39 is 5.91 Å². The molecule has 0 atom stereocenters. The van der Waals surface area contributed by atoms with Crippen LogP contribution >= 0.6 is 0 Å². The molecule has 0 bridgehead atoms. The Morgan fingerprint density at radius 1 is 1.67 bits per heavy atom. The Bertz CT molecular complexity index is 410. The molecule has 1 aromatic heterocycles. The van der Waals surface area contributed by atoms with Crippen molar-refractivity contribution in [3.05, 3.63) is 11.8 Å². The summed E-state index contributed by atoms with van der Waals surface area (Å²) in [6.45, 7) is 1.65. The van der Waals surface area contributed by atoms with Crippen molar-refractivity contribution in [2.75, 3.05) is 5.73 Å². The number of anilines is 1. The lowest BCUT2D eigenvalue weighted by atomic mass is 10.3. The summed E-state index contributed by atoms with van der Waals surface area (Å²) in [5.41, 5.74) is 5.52. The molecule has 7 heteroatoms. The number of nitrogens with two attached hydrogens (primary N) is 1. The van der Waals surface area contributed by atoms with Gasteiger partial charge in [-0.1, -0.05) is 6.92 Å². The molecule has 15 heavy (non-hydrogen) atoms. The summed E-state index contributed by atoms with van der Waals surface area (Å²) in [7, 11) is 0.